The SMILES string of the molecule is Cc1cc(=O)[nH]c(C2CCN(C(=O)[C@@]3(C)CCCCN3C)CC2)n1. The Morgan fingerprint density at radius 1 is 1.29 bits per heavy atom. The highest BCUT2D eigenvalue weighted by Gasteiger charge is 2.42. The van der Waals surface area contributed by atoms with Crippen LogP contribution in [0, 0.1) is 6.92 Å². The van der Waals surface area contributed by atoms with E-state index in [4.69, 9.17) is 0 Å². The van der Waals surface area contributed by atoms with Gasteiger partial charge in [-0.25, -0.2) is 4.98 Å². The number of aromatic nitrogens is 2. The highest BCUT2D eigenvalue weighted by atomic mass is 16.2. The molecule has 1 aromatic heterocycles. The van der Waals surface area contributed by atoms with Crippen LogP contribution in [0.5, 0.6) is 0 Å². The highest BCUT2D eigenvalue weighted by Crippen LogP contribution is 2.31. The number of likely N-dealkylation sites (N-methyl/N-ethyl adjacent to an activating group) is 1. The number of nitrogens with one attached hydrogen (secondary N) is 1. The van der Waals surface area contributed by atoms with Crippen LogP contribution >= 0.6 is 0 Å². The number of nitrogens with zero attached hydrogens (tertiary/aromatic N) is 3. The Hall–Kier alpha value is -1.69. The molecular weight excluding hydrogens is 304 g/mol. The lowest BCUT2D eigenvalue weighted by Crippen LogP contribution is -2.59. The fourth-order valence-electron chi connectivity index (χ4n) is 4.02. The Kier molecular flexibility index (Phi) is 4.76. The van der Waals surface area contributed by atoms with Gasteiger partial charge < -0.3 is 9.88 Å². The molecule has 3 rings (SSSR count). The number of hydrogen-bond donors (Lipinski definition) is 1. The van der Waals surface area contributed by atoms with E-state index in [9.17, 15) is 9.59 Å². The summed E-state index contributed by atoms with van der Waals surface area (Å²) in [5.41, 5.74) is 0.303. The van der Waals surface area contributed by atoms with Gasteiger partial charge in [-0.2, -0.15) is 0 Å². The van der Waals surface area contributed by atoms with Crippen molar-refractivity contribution in [1.82, 2.24) is 19.8 Å². The number of likely N-dealkylation sites (tertiary alicyclic amines) is 2. The van der Waals surface area contributed by atoms with E-state index in [2.05, 4.69) is 28.8 Å². The standard InChI is InChI=1S/C18H28N4O2/c1-13-12-15(23)20-16(19-13)14-6-10-22(11-7-14)17(24)18(2)8-4-5-9-21(18)3/h12,14H,4-11H2,1-3H3,(H,19,20,23)/t18-/m1/s1. The third-order valence-electron chi connectivity index (χ3n) is 5.77. The van der Waals surface area contributed by atoms with Crippen molar-refractivity contribution in [1.29, 1.82) is 0 Å². The summed E-state index contributed by atoms with van der Waals surface area (Å²) in [5, 5.41) is 0. The van der Waals surface area contributed by atoms with Crippen LogP contribution in [-0.4, -0.2) is 57.9 Å². The summed E-state index contributed by atoms with van der Waals surface area (Å²) in [4.78, 5) is 36.2. The minimum atomic E-state index is -0.360. The van der Waals surface area contributed by atoms with Crippen molar-refractivity contribution in [3.8, 4) is 0 Å². The van der Waals surface area contributed by atoms with Crippen LogP contribution < -0.4 is 5.56 Å². The van der Waals surface area contributed by atoms with Crippen LogP contribution in [-0.2, 0) is 4.79 Å². The van der Waals surface area contributed by atoms with Gasteiger partial charge >= 0.3 is 0 Å². The number of carbonyl (C=O) groups is 1. The Bertz CT molecular complexity index is 663. The third-order valence-corrected chi connectivity index (χ3v) is 5.77. The maximum absolute atomic E-state index is 13.0. The molecule has 0 bridgehead atoms. The van der Waals surface area contributed by atoms with Crippen molar-refractivity contribution in [3.05, 3.63) is 27.9 Å². The van der Waals surface area contributed by atoms with E-state index in [-0.39, 0.29) is 22.9 Å². The van der Waals surface area contributed by atoms with Gasteiger partial charge in [0, 0.05) is 30.8 Å². The van der Waals surface area contributed by atoms with Crippen molar-refractivity contribution in [2.24, 2.45) is 0 Å². The Balaban J connectivity index is 1.66. The van der Waals surface area contributed by atoms with E-state index in [1.54, 1.807) is 0 Å². The maximum atomic E-state index is 13.0. The molecule has 2 aliphatic heterocycles. The predicted molar refractivity (Wildman–Crippen MR) is 93.0 cm³/mol. The van der Waals surface area contributed by atoms with Gasteiger partial charge in [0.2, 0.25) is 5.91 Å². The minimum absolute atomic E-state index is 0.0904. The van der Waals surface area contributed by atoms with Gasteiger partial charge in [-0.3, -0.25) is 14.5 Å². The van der Waals surface area contributed by atoms with Crippen molar-refractivity contribution in [2.45, 2.75) is 57.4 Å². The van der Waals surface area contributed by atoms with Crippen LogP contribution in [0.1, 0.15) is 56.5 Å². The number of hydrogen-bond acceptors (Lipinski definition) is 4. The third kappa shape index (κ3) is 3.24. The molecule has 1 atom stereocenters. The quantitative estimate of drug-likeness (QED) is 0.894. The summed E-state index contributed by atoms with van der Waals surface area (Å²) < 4.78 is 0. The molecule has 0 radical (unpaired) electrons. The first-order valence-corrected chi connectivity index (χ1v) is 8.98. The predicted octanol–water partition coefficient (Wildman–Crippen LogP) is 1.66. The number of aryl methyl sites for hydroxylation is 1. The van der Waals surface area contributed by atoms with Crippen LogP contribution in [0.25, 0.3) is 0 Å². The van der Waals surface area contributed by atoms with Gasteiger partial charge in [-0.1, -0.05) is 0 Å². The van der Waals surface area contributed by atoms with Crippen molar-refractivity contribution in [2.75, 3.05) is 26.7 Å². The molecule has 0 aromatic carbocycles. The molecule has 132 valence electrons. The first-order chi connectivity index (χ1) is 11.4. The van der Waals surface area contributed by atoms with E-state index in [0.717, 1.165) is 56.8 Å². The molecule has 0 spiro atoms. The number of piperidine rings is 2. The van der Waals surface area contributed by atoms with Crippen molar-refractivity contribution in [3.63, 3.8) is 0 Å². The number of carbonyl (C=O) groups excluding carboxylic acids is 1. The lowest BCUT2D eigenvalue weighted by Gasteiger charge is -2.45. The maximum Gasteiger partial charge on any atom is 0.251 e. The van der Waals surface area contributed by atoms with Crippen LogP contribution in [0.4, 0.5) is 0 Å². The lowest BCUT2D eigenvalue weighted by atomic mass is 9.86. The van der Waals surface area contributed by atoms with Gasteiger partial charge in [0.25, 0.3) is 5.56 Å². The van der Waals surface area contributed by atoms with Crippen LogP contribution in [0.15, 0.2) is 10.9 Å². The molecule has 3 heterocycles. The summed E-state index contributed by atoms with van der Waals surface area (Å²) in [6.07, 6.45) is 4.95. The summed E-state index contributed by atoms with van der Waals surface area (Å²) in [5.74, 6) is 1.26. The normalized spacial score (nSPS) is 26.5. The zero-order chi connectivity index (χ0) is 17.3. The summed E-state index contributed by atoms with van der Waals surface area (Å²) in [6.45, 7) is 6.40. The van der Waals surface area contributed by atoms with Crippen molar-refractivity contribution >= 4 is 5.91 Å². The van der Waals surface area contributed by atoms with Crippen molar-refractivity contribution < 1.29 is 4.79 Å². The Labute approximate surface area is 143 Å². The smallest absolute Gasteiger partial charge is 0.251 e. The molecule has 6 heteroatoms. The molecule has 0 aliphatic carbocycles. The zero-order valence-electron chi connectivity index (χ0n) is 15.0. The number of amides is 1. The van der Waals surface area contributed by atoms with Gasteiger partial charge in [-0.05, 0) is 59.5 Å². The summed E-state index contributed by atoms with van der Waals surface area (Å²) >= 11 is 0. The Morgan fingerprint density at radius 2 is 2.00 bits per heavy atom. The van der Waals surface area contributed by atoms with Crippen LogP contribution in [0.2, 0.25) is 0 Å². The minimum Gasteiger partial charge on any atom is -0.341 e. The molecular formula is C18H28N4O2. The number of H-pyrrole nitrogens is 1. The van der Waals surface area contributed by atoms with E-state index in [1.807, 2.05) is 11.8 Å². The van der Waals surface area contributed by atoms with E-state index < -0.39 is 0 Å². The molecule has 6 nitrogen and oxygen atoms in total. The average molecular weight is 332 g/mol. The van der Waals surface area contributed by atoms with Gasteiger partial charge in [-0.15, -0.1) is 0 Å². The average Bonchev–Trinajstić information content (AvgIpc) is 2.56. The second kappa shape index (κ2) is 6.67. The fourth-order valence-corrected chi connectivity index (χ4v) is 4.02. The number of aromatic amines is 1. The zero-order valence-corrected chi connectivity index (χ0v) is 15.0. The molecule has 2 fully saturated rings. The number of rotatable bonds is 2. The largest absolute Gasteiger partial charge is 0.341 e. The monoisotopic (exact) mass is 332 g/mol. The summed E-state index contributed by atoms with van der Waals surface area (Å²) in [7, 11) is 2.06. The molecule has 0 saturated carbocycles. The van der Waals surface area contributed by atoms with Crippen LogP contribution in [0.3, 0.4) is 0 Å². The molecule has 1 aromatic rings. The molecule has 0 unspecified atom stereocenters. The summed E-state index contributed by atoms with van der Waals surface area (Å²) in [6, 6.07) is 1.52. The Morgan fingerprint density at radius 3 is 2.62 bits per heavy atom. The van der Waals surface area contributed by atoms with E-state index in [1.165, 1.54) is 12.5 Å². The molecule has 1 N–H and O–H groups in total. The highest BCUT2D eigenvalue weighted by molar-refractivity contribution is 5.86. The topological polar surface area (TPSA) is 69.3 Å². The first-order valence-electron chi connectivity index (χ1n) is 8.98. The second-order valence-corrected chi connectivity index (χ2v) is 7.49. The van der Waals surface area contributed by atoms with E-state index >= 15 is 0 Å². The van der Waals surface area contributed by atoms with Gasteiger partial charge in [0.05, 0.1) is 5.54 Å². The second-order valence-electron chi connectivity index (χ2n) is 7.49. The van der Waals surface area contributed by atoms with Gasteiger partial charge in [0.15, 0.2) is 0 Å². The molecule has 24 heavy (non-hydrogen) atoms. The lowest BCUT2D eigenvalue weighted by molar-refractivity contribution is -0.146. The van der Waals surface area contributed by atoms with Gasteiger partial charge in [0.1, 0.15) is 5.82 Å². The molecule has 1 amide bonds. The first kappa shape index (κ1) is 17.1. The fraction of sp³-hybridized carbons (Fsp3) is 0.722. The van der Waals surface area contributed by atoms with E-state index in [0.29, 0.717) is 0 Å². The molecule has 2 aliphatic rings. The molecule has 2 saturated heterocycles.